The average Bonchev–Trinajstić information content (AvgIpc) is 3.78. The molecule has 1 aliphatic rings. The molecule has 0 radical (unpaired) electrons. The van der Waals surface area contributed by atoms with E-state index in [1.54, 1.807) is 18.6 Å². The van der Waals surface area contributed by atoms with Gasteiger partial charge in [-0.15, -0.1) is 0 Å². The van der Waals surface area contributed by atoms with Crippen LogP contribution in [0, 0.1) is 0 Å². The van der Waals surface area contributed by atoms with E-state index < -0.39 is 42.5 Å². The van der Waals surface area contributed by atoms with Crippen molar-refractivity contribution in [3.05, 3.63) is 108 Å². The normalized spacial score (nSPS) is 19.8. The number of H-pyrrole nitrogens is 3. The molecule has 1 aliphatic heterocycles. The summed E-state index contributed by atoms with van der Waals surface area (Å²) >= 11 is 0. The third-order valence-electron chi connectivity index (χ3n) is 8.25. The minimum absolute atomic E-state index is 0.0654. The van der Waals surface area contributed by atoms with Gasteiger partial charge in [0.25, 0.3) is 0 Å². The fraction of sp³-hybridized carbons (Fsp3) is 0.229. The first-order valence-corrected chi connectivity index (χ1v) is 15.0. The fourth-order valence-electron chi connectivity index (χ4n) is 6.02. The zero-order valence-corrected chi connectivity index (χ0v) is 24.6. The first kappa shape index (κ1) is 29.3. The van der Waals surface area contributed by atoms with Crippen molar-refractivity contribution >= 4 is 50.6 Å². The SMILES string of the molecule is O=C(Cc1c[nH]c2ccccc12)O[C@@H]1[C@@H](OC(=O)Cc2c[nH]c3ccccc23)[C@H](OC(=O)Cc2c[nH]c3ccccc23)CO[C@H]1O. The van der Waals surface area contributed by atoms with E-state index in [1.165, 1.54) is 0 Å². The second kappa shape index (κ2) is 12.5. The van der Waals surface area contributed by atoms with E-state index in [-0.39, 0.29) is 25.9 Å². The van der Waals surface area contributed by atoms with Gasteiger partial charge in [0.05, 0.1) is 25.9 Å². The van der Waals surface area contributed by atoms with Crippen LogP contribution in [0.4, 0.5) is 0 Å². The Balaban J connectivity index is 1.11. The predicted molar refractivity (Wildman–Crippen MR) is 168 cm³/mol. The predicted octanol–water partition coefficient (Wildman–Crippen LogP) is 4.24. The van der Waals surface area contributed by atoms with Gasteiger partial charge in [-0.3, -0.25) is 14.4 Å². The number of aromatic nitrogens is 3. The van der Waals surface area contributed by atoms with Gasteiger partial charge < -0.3 is 39.0 Å². The largest absolute Gasteiger partial charge is 0.456 e. The molecular weight excluding hydrogens is 590 g/mol. The minimum Gasteiger partial charge on any atom is -0.456 e. The molecule has 0 spiro atoms. The zero-order valence-electron chi connectivity index (χ0n) is 24.6. The van der Waals surface area contributed by atoms with Crippen LogP contribution >= 0.6 is 0 Å². The van der Waals surface area contributed by atoms with Gasteiger partial charge in [-0.2, -0.15) is 0 Å². The maximum atomic E-state index is 13.3. The number of nitrogens with one attached hydrogen (secondary N) is 3. The summed E-state index contributed by atoms with van der Waals surface area (Å²) in [5.74, 6) is -1.93. The van der Waals surface area contributed by atoms with E-state index in [0.717, 1.165) is 38.3 Å². The molecule has 4 N–H and O–H groups in total. The van der Waals surface area contributed by atoms with Gasteiger partial charge in [-0.05, 0) is 34.9 Å². The summed E-state index contributed by atoms with van der Waals surface area (Å²) in [4.78, 5) is 49.1. The van der Waals surface area contributed by atoms with Gasteiger partial charge in [0.15, 0.2) is 24.6 Å². The highest BCUT2D eigenvalue weighted by Gasteiger charge is 2.47. The van der Waals surface area contributed by atoms with Crippen molar-refractivity contribution in [3.8, 4) is 0 Å². The van der Waals surface area contributed by atoms with Gasteiger partial charge in [0.2, 0.25) is 0 Å². The maximum Gasteiger partial charge on any atom is 0.310 e. The van der Waals surface area contributed by atoms with Gasteiger partial charge in [0.1, 0.15) is 0 Å². The van der Waals surface area contributed by atoms with Crippen molar-refractivity contribution in [1.29, 1.82) is 0 Å². The number of para-hydroxylation sites is 3. The van der Waals surface area contributed by atoms with E-state index in [4.69, 9.17) is 18.9 Å². The number of hydrogen-bond donors (Lipinski definition) is 4. The summed E-state index contributed by atoms with van der Waals surface area (Å²) in [6, 6.07) is 22.6. The highest BCUT2D eigenvalue weighted by Crippen LogP contribution is 2.27. The van der Waals surface area contributed by atoms with Crippen LogP contribution in [0.5, 0.6) is 0 Å². The summed E-state index contributed by atoms with van der Waals surface area (Å²) in [7, 11) is 0. The van der Waals surface area contributed by atoms with Crippen molar-refractivity contribution < 1.29 is 38.4 Å². The Morgan fingerprint density at radius 2 is 1.00 bits per heavy atom. The first-order chi connectivity index (χ1) is 22.4. The number of aromatic amines is 3. The average molecular weight is 622 g/mol. The van der Waals surface area contributed by atoms with E-state index >= 15 is 0 Å². The number of ether oxygens (including phenoxy) is 4. The Labute approximate surface area is 262 Å². The molecule has 0 saturated carbocycles. The number of aliphatic hydroxyl groups excluding tert-OH is 1. The molecule has 11 heteroatoms. The molecule has 234 valence electrons. The summed E-state index contributed by atoms with van der Waals surface area (Å²) in [5.41, 5.74) is 4.72. The van der Waals surface area contributed by atoms with Crippen molar-refractivity contribution in [3.63, 3.8) is 0 Å². The Morgan fingerprint density at radius 3 is 1.46 bits per heavy atom. The molecule has 0 amide bonds. The number of hydrogen-bond acceptors (Lipinski definition) is 8. The minimum atomic E-state index is -1.62. The Morgan fingerprint density at radius 1 is 0.609 bits per heavy atom. The van der Waals surface area contributed by atoms with Crippen molar-refractivity contribution in [2.45, 2.75) is 43.9 Å². The summed E-state index contributed by atoms with van der Waals surface area (Å²) in [6.45, 7) is -0.275. The molecule has 6 aromatic rings. The van der Waals surface area contributed by atoms with Crippen LogP contribution in [-0.2, 0) is 52.6 Å². The highest BCUT2D eigenvalue weighted by molar-refractivity contribution is 5.89. The van der Waals surface area contributed by atoms with Crippen LogP contribution < -0.4 is 0 Å². The zero-order chi connectivity index (χ0) is 31.6. The molecule has 1 saturated heterocycles. The molecule has 1 fully saturated rings. The summed E-state index contributed by atoms with van der Waals surface area (Å²) < 4.78 is 22.8. The van der Waals surface area contributed by atoms with Crippen LogP contribution in [0.3, 0.4) is 0 Å². The van der Waals surface area contributed by atoms with Crippen LogP contribution in [0.15, 0.2) is 91.4 Å². The number of rotatable bonds is 9. The molecule has 4 heterocycles. The number of benzene rings is 3. The third-order valence-corrected chi connectivity index (χ3v) is 8.25. The number of carbonyl (C=O) groups excluding carboxylic acids is 3. The molecule has 11 nitrogen and oxygen atoms in total. The van der Waals surface area contributed by atoms with Crippen molar-refractivity contribution in [2.75, 3.05) is 6.61 Å². The third kappa shape index (κ3) is 5.97. The van der Waals surface area contributed by atoms with Gasteiger partial charge >= 0.3 is 17.9 Å². The topological polar surface area (TPSA) is 156 Å². The Bertz CT molecular complexity index is 2040. The van der Waals surface area contributed by atoms with Crippen molar-refractivity contribution in [2.24, 2.45) is 0 Å². The van der Waals surface area contributed by atoms with Crippen LogP contribution in [-0.4, -0.2) is 69.2 Å². The smallest absolute Gasteiger partial charge is 0.310 e. The summed E-state index contributed by atoms with van der Waals surface area (Å²) in [5, 5.41) is 13.4. The van der Waals surface area contributed by atoms with Crippen molar-refractivity contribution in [1.82, 2.24) is 15.0 Å². The lowest BCUT2D eigenvalue weighted by atomic mass is 10.0. The van der Waals surface area contributed by atoms with Crippen LogP contribution in [0.25, 0.3) is 32.7 Å². The lowest BCUT2D eigenvalue weighted by molar-refractivity contribution is -0.268. The van der Waals surface area contributed by atoms with Crippen LogP contribution in [0.2, 0.25) is 0 Å². The monoisotopic (exact) mass is 621 g/mol. The van der Waals surface area contributed by atoms with Gasteiger partial charge in [-0.25, -0.2) is 0 Å². The van der Waals surface area contributed by atoms with Crippen LogP contribution in [0.1, 0.15) is 16.7 Å². The standard InChI is InChI=1S/C35H31N3O8/c39-30(13-20-16-36-26-10-4-1-7-23(20)26)44-29-19-43-35(42)34(46-32(41)15-22-18-38-28-12-6-3-9-25(22)28)33(29)45-31(40)14-21-17-37-27-11-5-2-8-24(21)27/h1-12,16-18,29,33-38,42H,13-15,19H2/t29-,33+,34-,35-/m1/s1. The lowest BCUT2D eigenvalue weighted by Crippen LogP contribution is -2.57. The molecule has 46 heavy (non-hydrogen) atoms. The molecule has 0 aliphatic carbocycles. The molecular formula is C35H31N3O8. The van der Waals surface area contributed by atoms with E-state index in [0.29, 0.717) is 11.1 Å². The lowest BCUT2D eigenvalue weighted by Gasteiger charge is -2.38. The van der Waals surface area contributed by atoms with Gasteiger partial charge in [-0.1, -0.05) is 54.6 Å². The molecule has 0 unspecified atom stereocenters. The molecule has 4 atom stereocenters. The molecule has 3 aromatic carbocycles. The second-order valence-corrected chi connectivity index (χ2v) is 11.3. The number of fused-ring (bicyclic) bond motifs is 3. The second-order valence-electron chi connectivity index (χ2n) is 11.3. The van der Waals surface area contributed by atoms with Gasteiger partial charge in [0, 0.05) is 51.3 Å². The number of aliphatic hydroxyl groups is 1. The quantitative estimate of drug-likeness (QED) is 0.138. The molecule has 7 rings (SSSR count). The Kier molecular flexibility index (Phi) is 8.00. The van der Waals surface area contributed by atoms with E-state index in [2.05, 4.69) is 15.0 Å². The maximum absolute atomic E-state index is 13.3. The van der Waals surface area contributed by atoms with E-state index in [1.807, 2.05) is 72.8 Å². The number of carbonyl (C=O) groups is 3. The number of esters is 3. The highest BCUT2D eigenvalue weighted by atomic mass is 16.7. The fourth-order valence-corrected chi connectivity index (χ4v) is 6.02. The summed E-state index contributed by atoms with van der Waals surface area (Å²) in [6.07, 6.45) is -0.677. The Hall–Kier alpha value is -5.39. The molecule has 3 aromatic heterocycles. The first-order valence-electron chi connectivity index (χ1n) is 15.0. The van der Waals surface area contributed by atoms with E-state index in [9.17, 15) is 19.5 Å². The molecule has 0 bridgehead atoms.